The molecule has 2 aromatic rings. The van der Waals surface area contributed by atoms with Crippen LogP contribution in [-0.2, 0) is 17.4 Å². The van der Waals surface area contributed by atoms with Gasteiger partial charge < -0.3 is 9.64 Å². The highest BCUT2D eigenvalue weighted by molar-refractivity contribution is 7.85. The van der Waals surface area contributed by atoms with Gasteiger partial charge in [-0.05, 0) is 24.6 Å². The first-order valence-corrected chi connectivity index (χ1v) is 10.6. The minimum atomic E-state index is -4.38. The highest BCUT2D eigenvalue weighted by Gasteiger charge is 2.28. The van der Waals surface area contributed by atoms with Crippen molar-refractivity contribution in [2.45, 2.75) is 19.0 Å². The number of halogens is 3. The summed E-state index contributed by atoms with van der Waals surface area (Å²) in [5, 5.41) is 1.68. The van der Waals surface area contributed by atoms with Crippen LogP contribution in [0.3, 0.4) is 0 Å². The van der Waals surface area contributed by atoms with E-state index in [1.54, 1.807) is 29.9 Å². The Labute approximate surface area is 175 Å². The number of pyridine rings is 1. The molecule has 1 atom stereocenters. The van der Waals surface area contributed by atoms with Gasteiger partial charge in [-0.25, -0.2) is 23.5 Å². The maximum atomic E-state index is 12.4. The molecule has 0 aromatic carbocycles. The monoisotopic (exact) mass is 441 g/mol. The smallest absolute Gasteiger partial charge is 0.422 e. The van der Waals surface area contributed by atoms with Gasteiger partial charge in [-0.1, -0.05) is 6.08 Å². The Balaban J connectivity index is 1.41. The zero-order valence-corrected chi connectivity index (χ0v) is 17.0. The van der Waals surface area contributed by atoms with Gasteiger partial charge in [0.25, 0.3) is 0 Å². The van der Waals surface area contributed by atoms with Crippen molar-refractivity contribution in [2.24, 2.45) is 0 Å². The first-order chi connectivity index (χ1) is 14.4. The summed E-state index contributed by atoms with van der Waals surface area (Å²) in [5.41, 5.74) is 0. The zero-order chi connectivity index (χ0) is 21.4. The van der Waals surface area contributed by atoms with E-state index in [9.17, 15) is 17.4 Å². The molecule has 0 saturated carbocycles. The van der Waals surface area contributed by atoms with Gasteiger partial charge in [0.2, 0.25) is 0 Å². The summed E-state index contributed by atoms with van der Waals surface area (Å²) < 4.78 is 55.5. The maximum Gasteiger partial charge on any atom is 0.422 e. The minimum Gasteiger partial charge on any atom is -0.483 e. The fourth-order valence-corrected chi connectivity index (χ4v) is 3.81. The van der Waals surface area contributed by atoms with E-state index in [-0.39, 0.29) is 5.75 Å². The Morgan fingerprint density at radius 3 is 2.47 bits per heavy atom. The summed E-state index contributed by atoms with van der Waals surface area (Å²) in [6.45, 7) is 1.07. The SMILES string of the molecule is O=S(/C=C/CCc1ncccn1)N1CCN(c2ccc(OCC(F)(F)F)cn2)CC1. The van der Waals surface area contributed by atoms with E-state index in [0.29, 0.717) is 44.8 Å². The number of anilines is 1. The number of hydrogen-bond donors (Lipinski definition) is 0. The van der Waals surface area contributed by atoms with Gasteiger partial charge in [-0.3, -0.25) is 0 Å². The molecule has 0 amide bonds. The number of nitrogens with zero attached hydrogens (tertiary/aromatic N) is 5. The summed E-state index contributed by atoms with van der Waals surface area (Å²) in [6, 6.07) is 4.86. The largest absolute Gasteiger partial charge is 0.483 e. The number of ether oxygens (including phenoxy) is 1. The highest BCUT2D eigenvalue weighted by Crippen LogP contribution is 2.21. The standard InChI is InChI=1S/C19H22F3N5O2S/c20-19(21,22)15-29-16-5-6-18(25-14-16)26-9-11-27(12-10-26)30(28)13-2-1-4-17-23-7-3-8-24-17/h2-3,5-8,13-14H,1,4,9-12,15H2/b13-2+. The number of rotatable bonds is 8. The lowest BCUT2D eigenvalue weighted by Crippen LogP contribution is -2.46. The van der Waals surface area contributed by atoms with Crippen LogP contribution in [0.1, 0.15) is 12.2 Å². The molecule has 30 heavy (non-hydrogen) atoms. The number of piperazine rings is 1. The summed E-state index contributed by atoms with van der Waals surface area (Å²) in [6.07, 6.45) is 3.57. The Hall–Kier alpha value is -2.53. The second-order valence-electron chi connectivity index (χ2n) is 6.52. The van der Waals surface area contributed by atoms with Crippen molar-refractivity contribution in [3.05, 3.63) is 54.1 Å². The van der Waals surface area contributed by atoms with Gasteiger partial charge >= 0.3 is 6.18 Å². The molecule has 1 aliphatic rings. The molecule has 7 nitrogen and oxygen atoms in total. The summed E-state index contributed by atoms with van der Waals surface area (Å²) in [7, 11) is -1.21. The average Bonchev–Trinajstić information content (AvgIpc) is 2.76. The molecule has 1 unspecified atom stereocenters. The van der Waals surface area contributed by atoms with Crippen molar-refractivity contribution in [3.8, 4) is 5.75 Å². The third-order valence-corrected chi connectivity index (χ3v) is 5.61. The van der Waals surface area contributed by atoms with Gasteiger partial charge in [0.1, 0.15) is 28.4 Å². The van der Waals surface area contributed by atoms with Crippen LogP contribution in [0.2, 0.25) is 0 Å². The Morgan fingerprint density at radius 2 is 1.83 bits per heavy atom. The molecule has 2 aromatic heterocycles. The van der Waals surface area contributed by atoms with Crippen molar-refractivity contribution in [3.63, 3.8) is 0 Å². The second kappa shape index (κ2) is 10.5. The van der Waals surface area contributed by atoms with E-state index < -0.39 is 23.8 Å². The van der Waals surface area contributed by atoms with Crippen molar-refractivity contribution < 1.29 is 22.1 Å². The van der Waals surface area contributed by atoms with Gasteiger partial charge in [-0.2, -0.15) is 13.2 Å². The van der Waals surface area contributed by atoms with Crippen molar-refractivity contribution in [1.29, 1.82) is 0 Å². The summed E-state index contributed by atoms with van der Waals surface area (Å²) in [4.78, 5) is 14.5. The van der Waals surface area contributed by atoms with Crippen LogP contribution >= 0.6 is 0 Å². The van der Waals surface area contributed by atoms with Crippen molar-refractivity contribution in [2.75, 3.05) is 37.7 Å². The minimum absolute atomic E-state index is 0.0712. The zero-order valence-electron chi connectivity index (χ0n) is 16.2. The van der Waals surface area contributed by atoms with Gasteiger partial charge in [-0.15, -0.1) is 0 Å². The van der Waals surface area contributed by atoms with Gasteiger partial charge in [0.15, 0.2) is 6.61 Å². The van der Waals surface area contributed by atoms with E-state index in [2.05, 4.69) is 19.7 Å². The van der Waals surface area contributed by atoms with Crippen LogP contribution in [0.5, 0.6) is 5.75 Å². The van der Waals surface area contributed by atoms with Crippen LogP contribution in [0, 0.1) is 0 Å². The Morgan fingerprint density at radius 1 is 1.10 bits per heavy atom. The lowest BCUT2D eigenvalue weighted by atomic mass is 10.3. The Bertz CT molecular complexity index is 841. The lowest BCUT2D eigenvalue weighted by molar-refractivity contribution is -0.153. The van der Waals surface area contributed by atoms with Crippen LogP contribution in [0.25, 0.3) is 0 Å². The molecule has 1 saturated heterocycles. The van der Waals surface area contributed by atoms with E-state index in [4.69, 9.17) is 0 Å². The maximum absolute atomic E-state index is 12.4. The predicted octanol–water partition coefficient (Wildman–Crippen LogP) is 2.74. The number of aromatic nitrogens is 3. The predicted molar refractivity (Wildman–Crippen MR) is 107 cm³/mol. The van der Waals surface area contributed by atoms with Crippen LogP contribution in [0.4, 0.5) is 19.0 Å². The first kappa shape index (κ1) is 22.2. The molecular weight excluding hydrogens is 419 g/mol. The normalized spacial score (nSPS) is 16.7. The van der Waals surface area contributed by atoms with Crippen LogP contribution in [-0.4, -0.2) is 62.4 Å². The third kappa shape index (κ3) is 7.06. The van der Waals surface area contributed by atoms with Crippen molar-refractivity contribution in [1.82, 2.24) is 19.3 Å². The topological polar surface area (TPSA) is 71.5 Å². The average molecular weight is 441 g/mol. The van der Waals surface area contributed by atoms with Crippen molar-refractivity contribution >= 4 is 16.8 Å². The van der Waals surface area contributed by atoms with Gasteiger partial charge in [0.05, 0.1) is 6.20 Å². The number of alkyl halides is 3. The molecule has 3 rings (SSSR count). The fourth-order valence-electron chi connectivity index (χ4n) is 2.82. The van der Waals surface area contributed by atoms with E-state index in [1.807, 2.05) is 15.3 Å². The molecular formula is C19H22F3N5O2S. The van der Waals surface area contributed by atoms with E-state index >= 15 is 0 Å². The van der Waals surface area contributed by atoms with E-state index in [1.165, 1.54) is 12.3 Å². The molecule has 11 heteroatoms. The molecule has 0 bridgehead atoms. The van der Waals surface area contributed by atoms with Gasteiger partial charge in [0, 0.05) is 50.4 Å². The number of allylic oxidation sites excluding steroid dienone is 1. The van der Waals surface area contributed by atoms with Crippen LogP contribution < -0.4 is 9.64 Å². The molecule has 3 heterocycles. The molecule has 0 radical (unpaired) electrons. The molecule has 162 valence electrons. The quantitative estimate of drug-likeness (QED) is 0.628. The highest BCUT2D eigenvalue weighted by atomic mass is 32.2. The molecule has 1 aliphatic heterocycles. The number of hydrogen-bond acceptors (Lipinski definition) is 6. The Kier molecular flexibility index (Phi) is 7.75. The molecule has 1 fully saturated rings. The molecule has 0 aliphatic carbocycles. The molecule has 0 N–H and O–H groups in total. The first-order valence-electron chi connectivity index (χ1n) is 9.39. The van der Waals surface area contributed by atoms with E-state index in [0.717, 1.165) is 5.82 Å². The van der Waals surface area contributed by atoms with Crippen LogP contribution in [0.15, 0.2) is 48.3 Å². The molecule has 0 spiro atoms. The second-order valence-corrected chi connectivity index (χ2v) is 7.86. The summed E-state index contributed by atoms with van der Waals surface area (Å²) in [5.74, 6) is 1.48. The lowest BCUT2D eigenvalue weighted by Gasteiger charge is -2.33. The number of aryl methyl sites for hydroxylation is 1. The summed E-state index contributed by atoms with van der Waals surface area (Å²) >= 11 is 0. The third-order valence-electron chi connectivity index (χ3n) is 4.31. The fraction of sp³-hybridized carbons (Fsp3) is 0.421.